The van der Waals surface area contributed by atoms with Crippen LogP contribution >= 0.6 is 0 Å². The molecule has 0 unspecified atom stereocenters. The molecule has 0 amide bonds. The van der Waals surface area contributed by atoms with E-state index >= 15 is 0 Å². The number of ether oxygens (including phenoxy) is 3. The number of ketones is 1. The van der Waals surface area contributed by atoms with E-state index in [1.54, 1.807) is 38.1 Å². The van der Waals surface area contributed by atoms with Gasteiger partial charge in [0, 0.05) is 12.3 Å². The van der Waals surface area contributed by atoms with Crippen LogP contribution in [0.3, 0.4) is 0 Å². The monoisotopic (exact) mass is 378 g/mol. The molecule has 0 aromatic heterocycles. The van der Waals surface area contributed by atoms with Gasteiger partial charge in [-0.15, -0.1) is 0 Å². The molecule has 7 heteroatoms. The highest BCUT2D eigenvalue weighted by molar-refractivity contribution is 6.02. The summed E-state index contributed by atoms with van der Waals surface area (Å²) in [6.07, 6.45) is -0.327. The van der Waals surface area contributed by atoms with E-state index in [1.165, 1.54) is 14.0 Å². The molecule has 1 aromatic rings. The van der Waals surface area contributed by atoms with E-state index in [1.807, 2.05) is 0 Å². The van der Waals surface area contributed by atoms with E-state index in [4.69, 9.17) is 14.2 Å². The van der Waals surface area contributed by atoms with E-state index in [0.717, 1.165) is 0 Å². The van der Waals surface area contributed by atoms with Crippen molar-refractivity contribution in [3.63, 3.8) is 0 Å². The molecular formula is C20H26O7. The van der Waals surface area contributed by atoms with Crippen LogP contribution in [0.4, 0.5) is 0 Å². The summed E-state index contributed by atoms with van der Waals surface area (Å²) in [6, 6.07) is 6.70. The zero-order chi connectivity index (χ0) is 20.2. The van der Waals surface area contributed by atoms with Gasteiger partial charge < -0.3 is 19.3 Å². The quantitative estimate of drug-likeness (QED) is 0.596. The Bertz CT molecular complexity index is 693. The minimum Gasteiger partial charge on any atom is -0.497 e. The molecule has 1 N–H and O–H groups in total. The van der Waals surface area contributed by atoms with Gasteiger partial charge in [0.25, 0.3) is 0 Å². The van der Waals surface area contributed by atoms with Crippen molar-refractivity contribution in [1.82, 2.24) is 0 Å². The van der Waals surface area contributed by atoms with Gasteiger partial charge in [-0.1, -0.05) is 12.1 Å². The Balaban J connectivity index is 2.59. The maximum Gasteiger partial charge on any atom is 0.317 e. The summed E-state index contributed by atoms with van der Waals surface area (Å²) in [5.41, 5.74) is -1.09. The summed E-state index contributed by atoms with van der Waals surface area (Å²) in [6.45, 7) is 4.96. The maximum absolute atomic E-state index is 12.7. The molecule has 1 saturated carbocycles. The van der Waals surface area contributed by atoms with Crippen LogP contribution < -0.4 is 4.74 Å². The fraction of sp³-hybridized carbons (Fsp3) is 0.550. The lowest BCUT2D eigenvalue weighted by molar-refractivity contribution is -0.172. The zero-order valence-electron chi connectivity index (χ0n) is 16.1. The molecule has 1 aliphatic rings. The normalized spacial score (nSPS) is 27.7. The number of aliphatic hydroxyl groups is 1. The molecule has 0 aliphatic heterocycles. The summed E-state index contributed by atoms with van der Waals surface area (Å²) in [7, 11) is 1.52. The van der Waals surface area contributed by atoms with Crippen molar-refractivity contribution in [1.29, 1.82) is 0 Å². The lowest BCUT2D eigenvalue weighted by Crippen LogP contribution is -2.55. The lowest BCUT2D eigenvalue weighted by atomic mass is 9.61. The standard InChI is InChI=1S/C20H26O7/c1-5-26-18(22)16-14(21)11-20(3,24)17(19(23)27-6-2)15(16)12-7-9-13(25-4)10-8-12/h7-10,15-17,24H,5-6,11H2,1-4H3/t15-,16-,17-,20-/m1/s1. The van der Waals surface area contributed by atoms with Crippen LogP contribution in [-0.4, -0.2) is 48.8 Å². The number of rotatable bonds is 6. The second kappa shape index (κ2) is 8.52. The highest BCUT2D eigenvalue weighted by Crippen LogP contribution is 2.46. The number of carbonyl (C=O) groups excluding carboxylic acids is 3. The number of benzene rings is 1. The minimum atomic E-state index is -1.64. The number of Topliss-reactive ketones (excluding diaryl/α,β-unsaturated/α-hetero) is 1. The topological polar surface area (TPSA) is 99.1 Å². The fourth-order valence-corrected chi connectivity index (χ4v) is 3.71. The second-order valence-electron chi connectivity index (χ2n) is 6.76. The van der Waals surface area contributed by atoms with Gasteiger partial charge in [0.05, 0.1) is 31.8 Å². The number of methoxy groups -OCH3 is 1. The molecule has 4 atom stereocenters. The Kier molecular flexibility index (Phi) is 6.59. The zero-order valence-corrected chi connectivity index (χ0v) is 16.1. The van der Waals surface area contributed by atoms with Gasteiger partial charge in [-0.2, -0.15) is 0 Å². The summed E-state index contributed by atoms with van der Waals surface area (Å²) >= 11 is 0. The molecule has 0 saturated heterocycles. The van der Waals surface area contributed by atoms with E-state index in [9.17, 15) is 19.5 Å². The Morgan fingerprint density at radius 3 is 2.19 bits per heavy atom. The maximum atomic E-state index is 12.7. The van der Waals surface area contributed by atoms with E-state index in [2.05, 4.69) is 0 Å². The van der Waals surface area contributed by atoms with Crippen LogP contribution in [0.25, 0.3) is 0 Å². The fourth-order valence-electron chi connectivity index (χ4n) is 3.71. The SMILES string of the molecule is CCOC(=O)[C@@H]1C(=O)C[C@@](C)(O)[C@@H](C(=O)OCC)[C@@H]1c1ccc(OC)cc1. The highest BCUT2D eigenvalue weighted by Gasteiger charge is 2.57. The van der Waals surface area contributed by atoms with E-state index in [0.29, 0.717) is 11.3 Å². The van der Waals surface area contributed by atoms with Gasteiger partial charge in [-0.05, 0) is 38.5 Å². The first-order valence-corrected chi connectivity index (χ1v) is 8.99. The average molecular weight is 378 g/mol. The average Bonchev–Trinajstić information content (AvgIpc) is 2.60. The molecule has 0 spiro atoms. The van der Waals surface area contributed by atoms with E-state index in [-0.39, 0.29) is 19.6 Å². The molecule has 148 valence electrons. The van der Waals surface area contributed by atoms with Gasteiger partial charge in [-0.3, -0.25) is 14.4 Å². The molecule has 0 radical (unpaired) electrons. The van der Waals surface area contributed by atoms with Gasteiger partial charge in [0.15, 0.2) is 5.78 Å². The van der Waals surface area contributed by atoms with Crippen molar-refractivity contribution >= 4 is 17.7 Å². The molecule has 1 aliphatic carbocycles. The molecule has 1 fully saturated rings. The predicted molar refractivity (Wildman–Crippen MR) is 96.2 cm³/mol. The van der Waals surface area contributed by atoms with Crippen LogP contribution in [0.2, 0.25) is 0 Å². The molecular weight excluding hydrogens is 352 g/mol. The first-order valence-electron chi connectivity index (χ1n) is 8.99. The Morgan fingerprint density at radius 2 is 1.67 bits per heavy atom. The van der Waals surface area contributed by atoms with Crippen molar-refractivity contribution in [2.75, 3.05) is 20.3 Å². The molecule has 27 heavy (non-hydrogen) atoms. The van der Waals surface area contributed by atoms with Crippen LogP contribution in [-0.2, 0) is 23.9 Å². The Hall–Kier alpha value is -2.41. The minimum absolute atomic E-state index is 0.110. The first kappa shape index (κ1) is 20.9. The number of esters is 2. The van der Waals surface area contributed by atoms with Crippen LogP contribution in [0.1, 0.15) is 38.7 Å². The van der Waals surface area contributed by atoms with Crippen LogP contribution in [0, 0.1) is 11.8 Å². The van der Waals surface area contributed by atoms with Gasteiger partial charge in [-0.25, -0.2) is 0 Å². The third kappa shape index (κ3) is 4.30. The Morgan fingerprint density at radius 1 is 1.11 bits per heavy atom. The Labute approximate surface area is 158 Å². The summed E-state index contributed by atoms with van der Waals surface area (Å²) in [4.78, 5) is 38.0. The highest BCUT2D eigenvalue weighted by atomic mass is 16.5. The van der Waals surface area contributed by atoms with Crippen molar-refractivity contribution in [3.8, 4) is 5.75 Å². The second-order valence-corrected chi connectivity index (χ2v) is 6.76. The molecule has 2 rings (SSSR count). The third-order valence-electron chi connectivity index (χ3n) is 4.85. The third-order valence-corrected chi connectivity index (χ3v) is 4.85. The van der Waals surface area contributed by atoms with Gasteiger partial charge >= 0.3 is 11.9 Å². The molecule has 0 heterocycles. The number of hydrogen-bond acceptors (Lipinski definition) is 7. The smallest absolute Gasteiger partial charge is 0.317 e. The molecule has 7 nitrogen and oxygen atoms in total. The first-order chi connectivity index (χ1) is 12.8. The lowest BCUT2D eigenvalue weighted by Gasteiger charge is -2.43. The van der Waals surface area contributed by atoms with Crippen molar-refractivity contribution in [2.24, 2.45) is 11.8 Å². The van der Waals surface area contributed by atoms with Gasteiger partial charge in [0.2, 0.25) is 0 Å². The largest absolute Gasteiger partial charge is 0.497 e. The predicted octanol–water partition coefficient (Wildman–Crippen LogP) is 1.86. The molecule has 1 aromatic carbocycles. The van der Waals surface area contributed by atoms with Crippen molar-refractivity contribution < 1.29 is 33.7 Å². The van der Waals surface area contributed by atoms with Crippen LogP contribution in [0.15, 0.2) is 24.3 Å². The number of hydrogen-bond donors (Lipinski definition) is 1. The summed E-state index contributed by atoms with van der Waals surface area (Å²) in [5.74, 6) is -4.39. The summed E-state index contributed by atoms with van der Waals surface area (Å²) in [5, 5.41) is 10.9. The number of carbonyl (C=O) groups is 3. The van der Waals surface area contributed by atoms with Crippen molar-refractivity contribution in [3.05, 3.63) is 29.8 Å². The molecule has 0 bridgehead atoms. The van der Waals surface area contributed by atoms with Gasteiger partial charge in [0.1, 0.15) is 11.7 Å². The van der Waals surface area contributed by atoms with Crippen LogP contribution in [0.5, 0.6) is 5.75 Å². The van der Waals surface area contributed by atoms with Crippen molar-refractivity contribution in [2.45, 2.75) is 38.7 Å². The summed E-state index contributed by atoms with van der Waals surface area (Å²) < 4.78 is 15.4. The van der Waals surface area contributed by atoms with E-state index < -0.39 is 41.1 Å².